The molecule has 0 spiro atoms. The van der Waals surface area contributed by atoms with Crippen LogP contribution in [0.15, 0.2) is 76.7 Å². The van der Waals surface area contributed by atoms with Crippen LogP contribution < -0.4 is 10.1 Å². The molecule has 1 amide bonds. The molecule has 1 N–H and O–H groups in total. The Bertz CT molecular complexity index is 1200. The average molecular weight is 444 g/mol. The standard InChI is InChI=1S/C26H25N3O2S/c1-17-13-22-23(14-18(17)2)29-26(15-21(27-22)19-9-5-4-6-10-19)32-16-25(30)28-20-11-7-8-12-24(20)31-3/h4-14H,15-16H2,1-3H3,(H,28,30). The van der Waals surface area contributed by atoms with Crippen LogP contribution >= 0.6 is 11.8 Å². The van der Waals surface area contributed by atoms with E-state index in [-0.39, 0.29) is 11.7 Å². The quantitative estimate of drug-likeness (QED) is 0.508. The molecule has 4 rings (SSSR count). The fourth-order valence-electron chi connectivity index (χ4n) is 3.43. The highest BCUT2D eigenvalue weighted by Crippen LogP contribution is 2.36. The lowest BCUT2D eigenvalue weighted by atomic mass is 10.1. The van der Waals surface area contributed by atoms with Crippen LogP contribution in [0.3, 0.4) is 0 Å². The maximum Gasteiger partial charge on any atom is 0.234 e. The Hall–Kier alpha value is -3.38. The number of carbonyl (C=O) groups is 1. The van der Waals surface area contributed by atoms with Crippen molar-refractivity contribution in [1.82, 2.24) is 0 Å². The molecular formula is C26H25N3O2S. The second-order valence-corrected chi connectivity index (χ2v) is 8.62. The number of benzene rings is 3. The molecule has 0 atom stereocenters. The van der Waals surface area contributed by atoms with Gasteiger partial charge in [0.25, 0.3) is 0 Å². The topological polar surface area (TPSA) is 63.0 Å². The number of para-hydroxylation sites is 2. The van der Waals surface area contributed by atoms with Crippen LogP contribution in [0.2, 0.25) is 0 Å². The van der Waals surface area contributed by atoms with Crippen molar-refractivity contribution in [2.24, 2.45) is 9.98 Å². The molecule has 1 aliphatic rings. The van der Waals surface area contributed by atoms with Crippen molar-refractivity contribution in [3.8, 4) is 5.75 Å². The molecule has 0 fully saturated rings. The van der Waals surface area contributed by atoms with E-state index in [2.05, 4.69) is 43.4 Å². The first kappa shape index (κ1) is 21.8. The molecular weight excluding hydrogens is 418 g/mol. The number of ether oxygens (including phenoxy) is 1. The first-order chi connectivity index (χ1) is 15.5. The molecule has 3 aromatic carbocycles. The lowest BCUT2D eigenvalue weighted by molar-refractivity contribution is -0.113. The van der Waals surface area contributed by atoms with E-state index in [1.807, 2.05) is 42.5 Å². The molecule has 162 valence electrons. The van der Waals surface area contributed by atoms with Gasteiger partial charge in [0.15, 0.2) is 0 Å². The van der Waals surface area contributed by atoms with Crippen LogP contribution in [-0.4, -0.2) is 29.5 Å². The number of aryl methyl sites for hydroxylation is 2. The summed E-state index contributed by atoms with van der Waals surface area (Å²) in [4.78, 5) is 22.5. The number of amides is 1. The van der Waals surface area contributed by atoms with Gasteiger partial charge in [0.05, 0.1) is 40.7 Å². The zero-order chi connectivity index (χ0) is 22.5. The van der Waals surface area contributed by atoms with E-state index < -0.39 is 0 Å². The molecule has 0 radical (unpaired) electrons. The summed E-state index contributed by atoms with van der Waals surface area (Å²) in [6.45, 7) is 4.16. The minimum Gasteiger partial charge on any atom is -0.495 e. The third-order valence-corrected chi connectivity index (χ3v) is 6.24. The van der Waals surface area contributed by atoms with Crippen molar-refractivity contribution in [3.05, 3.63) is 83.4 Å². The molecule has 3 aromatic rings. The first-order valence-corrected chi connectivity index (χ1v) is 11.4. The molecule has 6 heteroatoms. The number of nitrogens with zero attached hydrogens (tertiary/aromatic N) is 2. The van der Waals surface area contributed by atoms with E-state index in [1.165, 1.54) is 22.9 Å². The highest BCUT2D eigenvalue weighted by atomic mass is 32.2. The smallest absolute Gasteiger partial charge is 0.234 e. The van der Waals surface area contributed by atoms with Crippen molar-refractivity contribution in [3.63, 3.8) is 0 Å². The maximum atomic E-state index is 12.6. The molecule has 0 unspecified atom stereocenters. The Kier molecular flexibility index (Phi) is 6.71. The van der Waals surface area contributed by atoms with E-state index >= 15 is 0 Å². The molecule has 0 aliphatic carbocycles. The van der Waals surface area contributed by atoms with Crippen molar-refractivity contribution in [2.75, 3.05) is 18.2 Å². The monoisotopic (exact) mass is 443 g/mol. The summed E-state index contributed by atoms with van der Waals surface area (Å²) in [7, 11) is 1.59. The van der Waals surface area contributed by atoms with Crippen LogP contribution in [0.4, 0.5) is 17.1 Å². The summed E-state index contributed by atoms with van der Waals surface area (Å²) < 4.78 is 5.32. The van der Waals surface area contributed by atoms with Gasteiger partial charge in [-0.1, -0.05) is 42.5 Å². The SMILES string of the molecule is COc1ccccc1NC(=O)CSC1=Nc2cc(C)c(C)cc2N=C(c2ccccc2)C1. The molecule has 0 bridgehead atoms. The maximum absolute atomic E-state index is 12.6. The third-order valence-electron chi connectivity index (χ3n) is 5.27. The number of thioether (sulfide) groups is 1. The van der Waals surface area contributed by atoms with Crippen LogP contribution in [0.5, 0.6) is 5.75 Å². The molecule has 0 aromatic heterocycles. The number of rotatable bonds is 5. The Morgan fingerprint density at radius 1 is 0.969 bits per heavy atom. The fourth-order valence-corrected chi connectivity index (χ4v) is 4.20. The number of aliphatic imine (C=N–C) groups is 2. The summed E-state index contributed by atoms with van der Waals surface area (Å²) in [5.74, 6) is 0.778. The first-order valence-electron chi connectivity index (χ1n) is 10.4. The van der Waals surface area contributed by atoms with Gasteiger partial charge in [0, 0.05) is 6.42 Å². The average Bonchev–Trinajstić information content (AvgIpc) is 2.98. The van der Waals surface area contributed by atoms with Gasteiger partial charge < -0.3 is 10.1 Å². The van der Waals surface area contributed by atoms with Crippen LogP contribution in [0, 0.1) is 13.8 Å². The predicted octanol–water partition coefficient (Wildman–Crippen LogP) is 6.24. The largest absolute Gasteiger partial charge is 0.495 e. The van der Waals surface area contributed by atoms with Crippen LogP contribution in [-0.2, 0) is 4.79 Å². The Morgan fingerprint density at radius 3 is 2.34 bits per heavy atom. The van der Waals surface area contributed by atoms with E-state index in [4.69, 9.17) is 14.7 Å². The second-order valence-electron chi connectivity index (χ2n) is 7.57. The lowest BCUT2D eigenvalue weighted by Crippen LogP contribution is -2.16. The number of anilines is 1. The van der Waals surface area contributed by atoms with E-state index in [1.54, 1.807) is 7.11 Å². The van der Waals surface area contributed by atoms with Crippen LogP contribution in [0.25, 0.3) is 0 Å². The van der Waals surface area contributed by atoms with Gasteiger partial charge in [-0.25, -0.2) is 4.99 Å². The zero-order valence-electron chi connectivity index (χ0n) is 18.4. The Balaban J connectivity index is 1.57. The van der Waals surface area contributed by atoms with Crippen LogP contribution in [0.1, 0.15) is 23.1 Å². The molecule has 0 saturated carbocycles. The van der Waals surface area contributed by atoms with Gasteiger partial charge in [0.1, 0.15) is 5.75 Å². The highest BCUT2D eigenvalue weighted by molar-refractivity contribution is 8.14. The van der Waals surface area contributed by atoms with Crippen molar-refractivity contribution in [1.29, 1.82) is 0 Å². The van der Waals surface area contributed by atoms with Gasteiger partial charge in [0.2, 0.25) is 5.91 Å². The summed E-state index contributed by atoms with van der Waals surface area (Å²) in [5, 5.41) is 3.79. The Morgan fingerprint density at radius 2 is 1.62 bits per heavy atom. The number of nitrogens with one attached hydrogen (secondary N) is 1. The van der Waals surface area contributed by atoms with E-state index in [0.29, 0.717) is 17.9 Å². The predicted molar refractivity (Wildman–Crippen MR) is 134 cm³/mol. The number of fused-ring (bicyclic) bond motifs is 1. The van der Waals surface area contributed by atoms with Crippen molar-refractivity contribution >= 4 is 45.5 Å². The van der Waals surface area contributed by atoms with Gasteiger partial charge in [-0.05, 0) is 54.8 Å². The van der Waals surface area contributed by atoms with Gasteiger partial charge in [-0.2, -0.15) is 0 Å². The van der Waals surface area contributed by atoms with E-state index in [9.17, 15) is 4.79 Å². The zero-order valence-corrected chi connectivity index (χ0v) is 19.2. The van der Waals surface area contributed by atoms with Gasteiger partial charge in [-0.3, -0.25) is 9.79 Å². The molecule has 0 saturated heterocycles. The minimum absolute atomic E-state index is 0.107. The third kappa shape index (κ3) is 5.08. The second kappa shape index (κ2) is 9.83. The summed E-state index contributed by atoms with van der Waals surface area (Å²) in [6.07, 6.45) is 0.573. The summed E-state index contributed by atoms with van der Waals surface area (Å²) >= 11 is 1.44. The molecule has 1 heterocycles. The number of hydrogen-bond donors (Lipinski definition) is 1. The number of carbonyl (C=O) groups excluding carboxylic acids is 1. The van der Waals surface area contributed by atoms with Crippen molar-refractivity contribution in [2.45, 2.75) is 20.3 Å². The highest BCUT2D eigenvalue weighted by Gasteiger charge is 2.18. The van der Waals surface area contributed by atoms with Gasteiger partial charge >= 0.3 is 0 Å². The fraction of sp³-hybridized carbons (Fsp3) is 0.192. The number of methoxy groups -OCH3 is 1. The lowest BCUT2D eigenvalue weighted by Gasteiger charge is -2.10. The molecule has 5 nitrogen and oxygen atoms in total. The normalized spacial score (nSPS) is 12.8. The minimum atomic E-state index is -0.107. The van der Waals surface area contributed by atoms with Gasteiger partial charge in [-0.15, -0.1) is 11.8 Å². The summed E-state index contributed by atoms with van der Waals surface area (Å²) in [5.41, 5.74) is 6.72. The number of hydrogen-bond acceptors (Lipinski definition) is 5. The molecule has 32 heavy (non-hydrogen) atoms. The Labute approximate surface area is 192 Å². The van der Waals surface area contributed by atoms with Crippen molar-refractivity contribution < 1.29 is 9.53 Å². The van der Waals surface area contributed by atoms with E-state index in [0.717, 1.165) is 27.7 Å². The summed E-state index contributed by atoms with van der Waals surface area (Å²) in [6, 6.07) is 21.7. The molecule has 1 aliphatic heterocycles.